The molecule has 3 heterocycles. The molecule has 0 fully saturated rings. The number of aromatic nitrogens is 3. The number of allylic oxidation sites excluding steroid dienone is 1. The monoisotopic (exact) mass is 373 g/mol. The minimum Gasteiger partial charge on any atom is -0.423 e. The number of hydrogen-bond donors (Lipinski definition) is 2. The number of benzene rings is 1. The molecule has 1 amide bonds. The van der Waals surface area contributed by atoms with Crippen LogP contribution in [0.15, 0.2) is 35.0 Å². The number of fused-ring (bicyclic) bond motifs is 2. The standard InChI is InChI=1S/C17H16ClN5O3/c1-9-5-14(25)22(2)16-15(9)23(8-19-16)7-13(24)21-17-20-11-4-3-10(18)6-12(11)26-17/h3-6,8,14,25H,7H2,1-2H3,(H,20,21,24). The third kappa shape index (κ3) is 2.83. The first-order chi connectivity index (χ1) is 12.4. The van der Waals surface area contributed by atoms with E-state index in [-0.39, 0.29) is 18.5 Å². The highest BCUT2D eigenvalue weighted by molar-refractivity contribution is 6.31. The van der Waals surface area contributed by atoms with Crippen LogP contribution in [0.2, 0.25) is 5.02 Å². The highest BCUT2D eigenvalue weighted by Gasteiger charge is 2.25. The van der Waals surface area contributed by atoms with Crippen LogP contribution in [-0.2, 0) is 11.3 Å². The second kappa shape index (κ2) is 6.15. The van der Waals surface area contributed by atoms with E-state index in [9.17, 15) is 9.90 Å². The van der Waals surface area contributed by atoms with Crippen molar-refractivity contribution < 1.29 is 14.3 Å². The molecule has 9 heteroatoms. The normalized spacial score (nSPS) is 16.5. The number of likely N-dealkylation sites (N-methyl/N-ethyl adjacent to an activating group) is 1. The van der Waals surface area contributed by atoms with Crippen LogP contribution in [0.25, 0.3) is 16.7 Å². The summed E-state index contributed by atoms with van der Waals surface area (Å²) in [6.45, 7) is 1.91. The van der Waals surface area contributed by atoms with Gasteiger partial charge in [-0.25, -0.2) is 4.98 Å². The average molecular weight is 374 g/mol. The fraction of sp³-hybridized carbons (Fsp3) is 0.235. The van der Waals surface area contributed by atoms with Gasteiger partial charge in [-0.05, 0) is 30.7 Å². The average Bonchev–Trinajstić information content (AvgIpc) is 3.16. The van der Waals surface area contributed by atoms with Gasteiger partial charge in [-0.1, -0.05) is 11.6 Å². The van der Waals surface area contributed by atoms with Crippen molar-refractivity contribution in [3.05, 3.63) is 41.3 Å². The van der Waals surface area contributed by atoms with Gasteiger partial charge in [-0.2, -0.15) is 4.98 Å². The van der Waals surface area contributed by atoms with Crippen molar-refractivity contribution in [2.24, 2.45) is 0 Å². The Kier molecular flexibility index (Phi) is 3.93. The van der Waals surface area contributed by atoms with Crippen molar-refractivity contribution in [2.45, 2.75) is 19.7 Å². The van der Waals surface area contributed by atoms with Gasteiger partial charge in [0.05, 0.1) is 12.0 Å². The minimum atomic E-state index is -0.730. The number of oxazole rings is 1. The molecule has 0 aliphatic carbocycles. The number of rotatable bonds is 3. The van der Waals surface area contributed by atoms with Gasteiger partial charge in [0.1, 0.15) is 18.3 Å². The smallest absolute Gasteiger partial charge is 0.302 e. The zero-order valence-electron chi connectivity index (χ0n) is 14.1. The number of hydrogen-bond acceptors (Lipinski definition) is 6. The SMILES string of the molecule is CC1=CC(O)N(C)c2ncn(CC(=O)Nc3nc4ccc(Cl)cc4o3)c21. The van der Waals surface area contributed by atoms with Crippen molar-refractivity contribution in [3.8, 4) is 0 Å². The molecule has 1 aliphatic rings. The Morgan fingerprint density at radius 3 is 3.08 bits per heavy atom. The summed E-state index contributed by atoms with van der Waals surface area (Å²) in [6.07, 6.45) is 2.55. The molecule has 2 aromatic heterocycles. The number of imidazole rings is 1. The van der Waals surface area contributed by atoms with Crippen molar-refractivity contribution >= 4 is 46.0 Å². The molecule has 0 radical (unpaired) electrons. The molecule has 0 saturated heterocycles. The highest BCUT2D eigenvalue weighted by Crippen LogP contribution is 2.31. The fourth-order valence-electron chi connectivity index (χ4n) is 2.96. The number of nitrogens with zero attached hydrogens (tertiary/aromatic N) is 4. The lowest BCUT2D eigenvalue weighted by Gasteiger charge is -2.27. The van der Waals surface area contributed by atoms with Gasteiger partial charge in [0, 0.05) is 18.1 Å². The Hall–Kier alpha value is -2.84. The second-order valence-corrected chi connectivity index (χ2v) is 6.53. The van der Waals surface area contributed by atoms with Crippen molar-refractivity contribution in [1.29, 1.82) is 0 Å². The molecule has 3 aromatic rings. The molecule has 4 rings (SSSR count). The molecule has 0 saturated carbocycles. The maximum Gasteiger partial charge on any atom is 0.302 e. The molecule has 26 heavy (non-hydrogen) atoms. The van der Waals surface area contributed by atoms with E-state index in [4.69, 9.17) is 16.0 Å². The Morgan fingerprint density at radius 1 is 1.46 bits per heavy atom. The number of halogens is 1. The van der Waals surface area contributed by atoms with Crippen LogP contribution in [0.4, 0.5) is 11.8 Å². The molecule has 8 nitrogen and oxygen atoms in total. The van der Waals surface area contributed by atoms with E-state index in [2.05, 4.69) is 15.3 Å². The summed E-state index contributed by atoms with van der Waals surface area (Å²) < 4.78 is 7.22. The summed E-state index contributed by atoms with van der Waals surface area (Å²) in [5.74, 6) is 0.325. The Labute approximate surface area is 153 Å². The van der Waals surface area contributed by atoms with Gasteiger partial charge in [0.2, 0.25) is 5.91 Å². The molecule has 1 atom stereocenters. The first-order valence-corrected chi connectivity index (χ1v) is 8.31. The number of anilines is 2. The van der Waals surface area contributed by atoms with Gasteiger partial charge < -0.3 is 19.0 Å². The maximum absolute atomic E-state index is 12.4. The van der Waals surface area contributed by atoms with E-state index in [1.165, 1.54) is 0 Å². The topological polar surface area (TPSA) is 96.4 Å². The van der Waals surface area contributed by atoms with Crippen LogP contribution < -0.4 is 10.2 Å². The lowest BCUT2D eigenvalue weighted by molar-refractivity contribution is -0.116. The summed E-state index contributed by atoms with van der Waals surface area (Å²) in [6, 6.07) is 5.18. The maximum atomic E-state index is 12.4. The molecular weight excluding hydrogens is 358 g/mol. The third-order valence-electron chi connectivity index (χ3n) is 4.23. The summed E-state index contributed by atoms with van der Waals surface area (Å²) in [4.78, 5) is 22.5. The van der Waals surface area contributed by atoms with Gasteiger partial charge in [0.25, 0.3) is 0 Å². The van der Waals surface area contributed by atoms with E-state index in [0.29, 0.717) is 21.9 Å². The van der Waals surface area contributed by atoms with E-state index >= 15 is 0 Å². The van der Waals surface area contributed by atoms with E-state index in [0.717, 1.165) is 11.3 Å². The van der Waals surface area contributed by atoms with Crippen LogP contribution in [-0.4, -0.2) is 38.8 Å². The van der Waals surface area contributed by atoms with Crippen LogP contribution in [0.5, 0.6) is 0 Å². The van der Waals surface area contributed by atoms with E-state index in [1.807, 2.05) is 6.92 Å². The molecular formula is C17H16ClN5O3. The van der Waals surface area contributed by atoms with Crippen molar-refractivity contribution in [2.75, 3.05) is 17.3 Å². The second-order valence-electron chi connectivity index (χ2n) is 6.10. The summed E-state index contributed by atoms with van der Waals surface area (Å²) in [5.41, 5.74) is 2.76. The zero-order chi connectivity index (χ0) is 18.4. The van der Waals surface area contributed by atoms with Crippen molar-refractivity contribution in [1.82, 2.24) is 14.5 Å². The Bertz CT molecular complexity index is 1040. The number of carbonyl (C=O) groups excluding carboxylic acids is 1. The van der Waals surface area contributed by atoms with Crippen LogP contribution in [0.1, 0.15) is 12.6 Å². The molecule has 0 spiro atoms. The minimum absolute atomic E-state index is 0.0386. The number of aliphatic hydroxyl groups excluding tert-OH is 1. The Morgan fingerprint density at radius 2 is 2.27 bits per heavy atom. The summed E-state index contributed by atoms with van der Waals surface area (Å²) >= 11 is 5.92. The molecule has 134 valence electrons. The molecule has 2 N–H and O–H groups in total. The van der Waals surface area contributed by atoms with Crippen molar-refractivity contribution in [3.63, 3.8) is 0 Å². The molecule has 1 unspecified atom stereocenters. The molecule has 1 aliphatic heterocycles. The van der Waals surface area contributed by atoms with Gasteiger partial charge in [-0.3, -0.25) is 10.1 Å². The number of carbonyl (C=O) groups is 1. The molecule has 0 bridgehead atoms. The third-order valence-corrected chi connectivity index (χ3v) is 4.47. The number of amides is 1. The Balaban J connectivity index is 1.54. The first-order valence-electron chi connectivity index (χ1n) is 7.93. The van der Waals surface area contributed by atoms with Crippen LogP contribution in [0, 0.1) is 0 Å². The number of nitrogens with one attached hydrogen (secondary N) is 1. The quantitative estimate of drug-likeness (QED) is 0.732. The summed E-state index contributed by atoms with van der Waals surface area (Å²) in [5, 5.41) is 13.1. The van der Waals surface area contributed by atoms with Gasteiger partial charge in [-0.15, -0.1) is 0 Å². The zero-order valence-corrected chi connectivity index (χ0v) is 14.9. The predicted octanol–water partition coefficient (Wildman–Crippen LogP) is 2.49. The molecule has 1 aromatic carbocycles. The van der Waals surface area contributed by atoms with Crippen LogP contribution in [0.3, 0.4) is 0 Å². The highest BCUT2D eigenvalue weighted by atomic mass is 35.5. The van der Waals surface area contributed by atoms with E-state index in [1.54, 1.807) is 47.1 Å². The van der Waals surface area contributed by atoms with Gasteiger partial charge >= 0.3 is 6.01 Å². The first kappa shape index (κ1) is 16.6. The lowest BCUT2D eigenvalue weighted by Crippen LogP contribution is -2.33. The van der Waals surface area contributed by atoms with Crippen LogP contribution >= 0.6 is 11.6 Å². The predicted molar refractivity (Wildman–Crippen MR) is 97.9 cm³/mol. The summed E-state index contributed by atoms with van der Waals surface area (Å²) in [7, 11) is 1.74. The fourth-order valence-corrected chi connectivity index (χ4v) is 3.12. The lowest BCUT2D eigenvalue weighted by atomic mass is 10.1. The number of aliphatic hydroxyl groups is 1. The van der Waals surface area contributed by atoms with E-state index < -0.39 is 6.23 Å². The van der Waals surface area contributed by atoms with Gasteiger partial charge in [0.15, 0.2) is 11.4 Å². The largest absolute Gasteiger partial charge is 0.423 e.